The number of nitriles is 1. The van der Waals surface area contributed by atoms with Crippen LogP contribution in [0.25, 0.3) is 0 Å². The summed E-state index contributed by atoms with van der Waals surface area (Å²) in [6, 6.07) is 13.2. The topological polar surface area (TPSA) is 27.0 Å². The van der Waals surface area contributed by atoms with Crippen molar-refractivity contribution < 1.29 is 0 Å². The van der Waals surface area contributed by atoms with Crippen LogP contribution in [0.5, 0.6) is 0 Å². The summed E-state index contributed by atoms with van der Waals surface area (Å²) < 4.78 is 0. The van der Waals surface area contributed by atoms with E-state index in [0.717, 1.165) is 18.8 Å². The van der Waals surface area contributed by atoms with Gasteiger partial charge in [0.25, 0.3) is 0 Å². The number of piperidine rings is 1. The number of benzene rings is 1. The molecule has 0 bridgehead atoms. The van der Waals surface area contributed by atoms with E-state index in [0.29, 0.717) is 5.92 Å². The number of hydrogen-bond donors (Lipinski definition) is 0. The molecule has 2 nitrogen and oxygen atoms in total. The second kappa shape index (κ2) is 10.1. The molecule has 2 rings (SSSR count). The van der Waals surface area contributed by atoms with Crippen molar-refractivity contribution in [1.82, 2.24) is 4.90 Å². The average Bonchev–Trinajstić information content (AvgIpc) is 2.56. The van der Waals surface area contributed by atoms with Gasteiger partial charge >= 0.3 is 0 Å². The minimum atomic E-state index is -0.305. The Labute approximate surface area is 154 Å². The quantitative estimate of drug-likeness (QED) is 0.657. The van der Waals surface area contributed by atoms with E-state index in [4.69, 9.17) is 0 Å². The molecule has 0 amide bonds. The van der Waals surface area contributed by atoms with Crippen LogP contribution in [0.1, 0.15) is 57.9 Å². The van der Waals surface area contributed by atoms with Crippen LogP contribution in [0.4, 0.5) is 0 Å². The number of hydrogen-bond acceptors (Lipinski definition) is 2. The monoisotopic (exact) mass is 348 g/mol. The fraction of sp³-hybridized carbons (Fsp3) is 0.667. The van der Waals surface area contributed by atoms with E-state index in [1.54, 1.807) is 0 Å². The Balaban J connectivity index is 0.00000288. The van der Waals surface area contributed by atoms with Gasteiger partial charge in [-0.1, -0.05) is 57.0 Å². The maximum absolute atomic E-state index is 9.99. The van der Waals surface area contributed by atoms with Gasteiger partial charge in [0.05, 0.1) is 11.5 Å². The number of rotatable bonds is 7. The molecular weight excluding hydrogens is 316 g/mol. The summed E-state index contributed by atoms with van der Waals surface area (Å²) in [6.07, 6.45) is 7.06. The Morgan fingerprint density at radius 1 is 1.21 bits per heavy atom. The van der Waals surface area contributed by atoms with Crippen molar-refractivity contribution in [2.75, 3.05) is 20.1 Å². The van der Waals surface area contributed by atoms with Crippen LogP contribution in [-0.4, -0.2) is 25.0 Å². The van der Waals surface area contributed by atoms with Crippen molar-refractivity contribution >= 4 is 12.4 Å². The fourth-order valence-corrected chi connectivity index (χ4v) is 4.03. The summed E-state index contributed by atoms with van der Waals surface area (Å²) in [4.78, 5) is 2.43. The van der Waals surface area contributed by atoms with Gasteiger partial charge in [-0.2, -0.15) is 5.26 Å². The van der Waals surface area contributed by atoms with Crippen molar-refractivity contribution in [3.63, 3.8) is 0 Å². The first-order valence-corrected chi connectivity index (χ1v) is 9.21. The van der Waals surface area contributed by atoms with E-state index < -0.39 is 0 Å². The smallest absolute Gasteiger partial charge is 0.0824 e. The van der Waals surface area contributed by atoms with Crippen LogP contribution < -0.4 is 0 Å². The van der Waals surface area contributed by atoms with Crippen molar-refractivity contribution in [1.29, 1.82) is 5.26 Å². The van der Waals surface area contributed by atoms with Gasteiger partial charge < -0.3 is 4.90 Å². The molecule has 0 spiro atoms. The van der Waals surface area contributed by atoms with Gasteiger partial charge in [0.1, 0.15) is 0 Å². The predicted octanol–water partition coefficient (Wildman–Crippen LogP) is 5.43. The SMILES string of the molecule is CC(C)CC(C#N)(CCCC1CCN(C)CC1)c1ccccc1.Cl. The Morgan fingerprint density at radius 2 is 1.83 bits per heavy atom. The Hall–Kier alpha value is -1.04. The van der Waals surface area contributed by atoms with E-state index in [1.165, 1.54) is 44.3 Å². The lowest BCUT2D eigenvalue weighted by Gasteiger charge is -2.32. The summed E-state index contributed by atoms with van der Waals surface area (Å²) in [5.41, 5.74) is 0.903. The standard InChI is InChI=1S/C21H32N2.ClH/c1-18(2)16-21(17-22,20-9-5-4-6-10-20)13-7-8-19-11-14-23(3)15-12-19;/h4-6,9-10,18-19H,7-8,11-16H2,1-3H3;1H. The van der Waals surface area contributed by atoms with Gasteiger partial charge in [-0.15, -0.1) is 12.4 Å². The Morgan fingerprint density at radius 3 is 2.38 bits per heavy atom. The third-order valence-electron chi connectivity index (χ3n) is 5.35. The first-order chi connectivity index (χ1) is 11.1. The van der Waals surface area contributed by atoms with Gasteiger partial charge in [0.15, 0.2) is 0 Å². The second-order valence-electron chi connectivity index (χ2n) is 7.80. The molecule has 134 valence electrons. The van der Waals surface area contributed by atoms with Gasteiger partial charge in [-0.05, 0) is 63.2 Å². The van der Waals surface area contributed by atoms with Crippen molar-refractivity contribution in [2.24, 2.45) is 11.8 Å². The Bertz CT molecular complexity index is 500. The van der Waals surface area contributed by atoms with Crippen LogP contribution in [0.15, 0.2) is 30.3 Å². The van der Waals surface area contributed by atoms with Crippen LogP contribution in [0, 0.1) is 23.2 Å². The summed E-state index contributed by atoms with van der Waals surface area (Å²) in [6.45, 7) is 6.93. The molecule has 24 heavy (non-hydrogen) atoms. The lowest BCUT2D eigenvalue weighted by molar-refractivity contribution is 0.206. The largest absolute Gasteiger partial charge is 0.306 e. The normalized spacial score (nSPS) is 18.6. The van der Waals surface area contributed by atoms with Crippen LogP contribution >= 0.6 is 12.4 Å². The van der Waals surface area contributed by atoms with E-state index in [9.17, 15) is 5.26 Å². The maximum Gasteiger partial charge on any atom is 0.0824 e. The van der Waals surface area contributed by atoms with E-state index in [-0.39, 0.29) is 17.8 Å². The third kappa shape index (κ3) is 5.80. The van der Waals surface area contributed by atoms with Gasteiger partial charge in [0.2, 0.25) is 0 Å². The lowest BCUT2D eigenvalue weighted by Crippen LogP contribution is -2.30. The zero-order chi connectivity index (χ0) is 16.7. The summed E-state index contributed by atoms with van der Waals surface area (Å²) >= 11 is 0. The highest BCUT2D eigenvalue weighted by molar-refractivity contribution is 5.85. The van der Waals surface area contributed by atoms with Gasteiger partial charge in [-0.25, -0.2) is 0 Å². The van der Waals surface area contributed by atoms with Crippen LogP contribution in [0.2, 0.25) is 0 Å². The highest BCUT2D eigenvalue weighted by Gasteiger charge is 2.33. The van der Waals surface area contributed by atoms with Gasteiger partial charge in [-0.3, -0.25) is 0 Å². The molecular formula is C21H33ClN2. The highest BCUT2D eigenvalue weighted by atomic mass is 35.5. The summed E-state index contributed by atoms with van der Waals surface area (Å²) in [5.74, 6) is 1.40. The second-order valence-corrected chi connectivity index (χ2v) is 7.80. The molecule has 1 atom stereocenters. The van der Waals surface area contributed by atoms with E-state index in [1.807, 2.05) is 6.07 Å². The number of likely N-dealkylation sites (tertiary alicyclic amines) is 1. The molecule has 1 aliphatic rings. The summed E-state index contributed by atoms with van der Waals surface area (Å²) in [7, 11) is 2.22. The van der Waals surface area contributed by atoms with Crippen molar-refractivity contribution in [3.05, 3.63) is 35.9 Å². The van der Waals surface area contributed by atoms with Crippen molar-refractivity contribution in [2.45, 2.75) is 57.8 Å². The molecule has 1 aromatic carbocycles. The molecule has 0 radical (unpaired) electrons. The van der Waals surface area contributed by atoms with Gasteiger partial charge in [0, 0.05) is 0 Å². The van der Waals surface area contributed by atoms with Crippen molar-refractivity contribution in [3.8, 4) is 6.07 Å². The maximum atomic E-state index is 9.99. The molecule has 0 aliphatic carbocycles. The zero-order valence-electron chi connectivity index (χ0n) is 15.5. The zero-order valence-corrected chi connectivity index (χ0v) is 16.3. The summed E-state index contributed by atoms with van der Waals surface area (Å²) in [5, 5.41) is 9.99. The van der Waals surface area contributed by atoms with E-state index >= 15 is 0 Å². The molecule has 0 N–H and O–H groups in total. The lowest BCUT2D eigenvalue weighted by atomic mass is 9.71. The third-order valence-corrected chi connectivity index (χ3v) is 5.35. The van der Waals surface area contributed by atoms with E-state index in [2.05, 4.69) is 56.1 Å². The molecule has 1 saturated heterocycles. The fourth-order valence-electron chi connectivity index (χ4n) is 4.03. The number of halogens is 1. The molecule has 1 fully saturated rings. The molecule has 1 aromatic rings. The molecule has 0 saturated carbocycles. The molecule has 0 aromatic heterocycles. The molecule has 1 aliphatic heterocycles. The Kier molecular flexibility index (Phi) is 8.81. The average molecular weight is 349 g/mol. The molecule has 1 unspecified atom stereocenters. The first-order valence-electron chi connectivity index (χ1n) is 9.21. The van der Waals surface area contributed by atoms with Crippen LogP contribution in [0.3, 0.4) is 0 Å². The first kappa shape index (κ1) is 21.0. The predicted molar refractivity (Wildman–Crippen MR) is 105 cm³/mol. The molecule has 3 heteroatoms. The highest BCUT2D eigenvalue weighted by Crippen LogP contribution is 2.37. The number of nitrogens with zero attached hydrogens (tertiary/aromatic N) is 2. The van der Waals surface area contributed by atoms with Crippen LogP contribution in [-0.2, 0) is 5.41 Å². The minimum absolute atomic E-state index is 0. The molecule has 1 heterocycles. The minimum Gasteiger partial charge on any atom is -0.306 e.